The summed E-state index contributed by atoms with van der Waals surface area (Å²) in [6, 6.07) is 4.00. The maximum absolute atomic E-state index is 14.2. The van der Waals surface area contributed by atoms with E-state index in [1.54, 1.807) is 0 Å². The van der Waals surface area contributed by atoms with E-state index >= 15 is 0 Å². The van der Waals surface area contributed by atoms with Gasteiger partial charge in [0.2, 0.25) is 0 Å². The molecule has 1 aliphatic carbocycles. The lowest BCUT2D eigenvalue weighted by Crippen LogP contribution is -2.21. The molecule has 3 N–H and O–H groups in total. The van der Waals surface area contributed by atoms with Crippen LogP contribution < -0.4 is 11.1 Å². The molecule has 0 amide bonds. The fourth-order valence-corrected chi connectivity index (χ4v) is 4.43. The minimum absolute atomic E-state index is 0.0263. The summed E-state index contributed by atoms with van der Waals surface area (Å²) >= 11 is 2.28. The molecular weight excluding hydrogens is 477 g/mol. The molecule has 0 saturated carbocycles. The van der Waals surface area contributed by atoms with Crippen molar-refractivity contribution in [3.05, 3.63) is 44.3 Å². The van der Waals surface area contributed by atoms with Gasteiger partial charge in [0.25, 0.3) is 0 Å². The van der Waals surface area contributed by atoms with E-state index in [0.29, 0.717) is 42.9 Å². The first-order valence-corrected chi connectivity index (χ1v) is 10.4. The number of benzene rings is 1. The van der Waals surface area contributed by atoms with Gasteiger partial charge in [-0.2, -0.15) is 14.4 Å². The average Bonchev–Trinajstić information content (AvgIpc) is 3.17. The Morgan fingerprint density at radius 1 is 1.32 bits per heavy atom. The lowest BCUT2D eigenvalue weighted by molar-refractivity contribution is 0.343. The van der Waals surface area contributed by atoms with Crippen LogP contribution >= 0.6 is 22.6 Å². The van der Waals surface area contributed by atoms with E-state index in [0.717, 1.165) is 33.2 Å². The number of anilines is 1. The van der Waals surface area contributed by atoms with E-state index in [9.17, 15) is 8.78 Å². The van der Waals surface area contributed by atoms with E-state index in [2.05, 4.69) is 48.9 Å². The second kappa shape index (κ2) is 7.86. The number of nitrogens with one attached hydrogen (secondary N) is 1. The summed E-state index contributed by atoms with van der Waals surface area (Å²) in [5, 5.41) is 3.25. The zero-order valence-electron chi connectivity index (χ0n) is 15.5. The second-order valence-corrected chi connectivity index (χ2v) is 8.07. The van der Waals surface area contributed by atoms with Gasteiger partial charge in [0.1, 0.15) is 12.0 Å². The Kier molecular flexibility index (Phi) is 5.46. The molecule has 0 fully saturated rings. The minimum atomic E-state index is -0.908. The first-order chi connectivity index (χ1) is 13.5. The third-order valence-corrected chi connectivity index (χ3v) is 6.10. The van der Waals surface area contributed by atoms with Gasteiger partial charge in [0.15, 0.2) is 17.0 Å². The van der Waals surface area contributed by atoms with Gasteiger partial charge < -0.3 is 15.6 Å². The van der Waals surface area contributed by atoms with E-state index in [1.807, 2.05) is 17.6 Å². The van der Waals surface area contributed by atoms with E-state index in [1.165, 1.54) is 0 Å². The third-order valence-electron chi connectivity index (χ3n) is 5.10. The van der Waals surface area contributed by atoms with Crippen LogP contribution in [0.5, 0.6) is 0 Å². The first-order valence-electron chi connectivity index (χ1n) is 9.32. The van der Waals surface area contributed by atoms with Crippen LogP contribution in [0.15, 0.2) is 12.1 Å². The van der Waals surface area contributed by atoms with Crippen LogP contribution in [0.1, 0.15) is 42.0 Å². The SMILES string of the molecule is CCNCCn1c(Cc2cc3c(cc2I)CCC3F)nc2c(N)nc(F)nc21. The van der Waals surface area contributed by atoms with E-state index in [4.69, 9.17) is 5.73 Å². The zero-order chi connectivity index (χ0) is 19.8. The zero-order valence-corrected chi connectivity index (χ0v) is 17.6. The van der Waals surface area contributed by atoms with Gasteiger partial charge in [-0.1, -0.05) is 13.0 Å². The number of nitrogen functional groups attached to an aromatic ring is 1. The predicted molar refractivity (Wildman–Crippen MR) is 112 cm³/mol. The van der Waals surface area contributed by atoms with Crippen molar-refractivity contribution in [2.75, 3.05) is 18.8 Å². The maximum Gasteiger partial charge on any atom is 0.312 e. The first kappa shape index (κ1) is 19.4. The van der Waals surface area contributed by atoms with Crippen LogP contribution in [-0.4, -0.2) is 32.6 Å². The highest BCUT2D eigenvalue weighted by Gasteiger charge is 2.24. The van der Waals surface area contributed by atoms with Crippen molar-refractivity contribution in [1.29, 1.82) is 0 Å². The van der Waals surface area contributed by atoms with Gasteiger partial charge in [0.05, 0.1) is 0 Å². The standard InChI is InChI=1S/C19H21F2IN6/c1-2-24-5-6-28-15(25-16-17(23)26-19(21)27-18(16)28)9-11-7-12-10(8-14(11)22)3-4-13(12)20/h7-8,13,24H,2-6,9H2,1H3,(H2,23,26,27). The molecule has 0 saturated heterocycles. The van der Waals surface area contributed by atoms with Crippen LogP contribution in [0.2, 0.25) is 0 Å². The Hall–Kier alpha value is -1.88. The molecule has 9 heteroatoms. The van der Waals surface area contributed by atoms with Crippen molar-refractivity contribution in [1.82, 2.24) is 24.8 Å². The molecule has 148 valence electrons. The summed E-state index contributed by atoms with van der Waals surface area (Å²) in [5.74, 6) is 0.740. The monoisotopic (exact) mass is 498 g/mol. The van der Waals surface area contributed by atoms with Crippen molar-refractivity contribution in [2.24, 2.45) is 0 Å². The van der Waals surface area contributed by atoms with Gasteiger partial charge in [0, 0.05) is 23.1 Å². The van der Waals surface area contributed by atoms with Gasteiger partial charge >= 0.3 is 6.08 Å². The Labute approximate surface area is 175 Å². The summed E-state index contributed by atoms with van der Waals surface area (Å²) in [5.41, 5.74) is 9.51. The Balaban J connectivity index is 1.77. The predicted octanol–water partition coefficient (Wildman–Crippen LogP) is 3.31. The molecule has 1 aliphatic rings. The number of fused-ring (bicyclic) bond motifs is 2. The van der Waals surface area contributed by atoms with Crippen molar-refractivity contribution in [2.45, 2.75) is 38.9 Å². The normalized spacial score (nSPS) is 16.1. The van der Waals surface area contributed by atoms with Crippen molar-refractivity contribution >= 4 is 39.6 Å². The van der Waals surface area contributed by atoms with Gasteiger partial charge in [-0.15, -0.1) is 0 Å². The minimum Gasteiger partial charge on any atom is -0.382 e. The number of nitrogens with zero attached hydrogens (tertiary/aromatic N) is 4. The van der Waals surface area contributed by atoms with Gasteiger partial charge in [-0.3, -0.25) is 0 Å². The smallest absolute Gasteiger partial charge is 0.312 e. The molecule has 1 aromatic carbocycles. The van der Waals surface area contributed by atoms with E-state index in [-0.39, 0.29) is 5.82 Å². The Morgan fingerprint density at radius 2 is 2.14 bits per heavy atom. The molecule has 3 aromatic rings. The number of hydrogen-bond acceptors (Lipinski definition) is 5. The lowest BCUT2D eigenvalue weighted by Gasteiger charge is -2.12. The fraction of sp³-hybridized carbons (Fsp3) is 0.421. The number of rotatable bonds is 6. The summed E-state index contributed by atoms with van der Waals surface area (Å²) in [4.78, 5) is 12.1. The number of alkyl halides is 1. The number of halogens is 3. The fourth-order valence-electron chi connectivity index (χ4n) is 3.71. The second-order valence-electron chi connectivity index (χ2n) is 6.91. The quantitative estimate of drug-likeness (QED) is 0.310. The molecule has 1 unspecified atom stereocenters. The van der Waals surface area contributed by atoms with Crippen LogP contribution in [0.25, 0.3) is 11.2 Å². The highest BCUT2D eigenvalue weighted by Crippen LogP contribution is 2.36. The molecule has 28 heavy (non-hydrogen) atoms. The number of imidazole rings is 1. The Morgan fingerprint density at radius 3 is 2.93 bits per heavy atom. The topological polar surface area (TPSA) is 81.7 Å². The number of hydrogen-bond donors (Lipinski definition) is 2. The summed E-state index contributed by atoms with van der Waals surface area (Å²) in [6.07, 6.45) is 0.0327. The van der Waals surface area contributed by atoms with Crippen molar-refractivity contribution < 1.29 is 8.78 Å². The molecule has 1 atom stereocenters. The summed E-state index contributed by atoms with van der Waals surface area (Å²) < 4.78 is 30.9. The molecular formula is C19H21F2IN6. The number of nitrogens with two attached hydrogens (primary N) is 1. The molecule has 2 aromatic heterocycles. The largest absolute Gasteiger partial charge is 0.382 e. The van der Waals surface area contributed by atoms with Crippen molar-refractivity contribution in [3.63, 3.8) is 0 Å². The molecule has 0 radical (unpaired) electrons. The van der Waals surface area contributed by atoms with Crippen LogP contribution in [-0.2, 0) is 19.4 Å². The highest BCUT2D eigenvalue weighted by atomic mass is 127. The molecule has 4 rings (SSSR count). The van der Waals surface area contributed by atoms with E-state index < -0.39 is 12.2 Å². The molecule has 0 spiro atoms. The molecule has 2 heterocycles. The maximum atomic E-state index is 14.2. The van der Waals surface area contributed by atoms with Gasteiger partial charge in [-0.25, -0.2) is 9.37 Å². The molecule has 0 bridgehead atoms. The number of aryl methyl sites for hydroxylation is 1. The summed E-state index contributed by atoms with van der Waals surface area (Å²) in [6.45, 7) is 4.11. The molecule has 0 aliphatic heterocycles. The molecule has 6 nitrogen and oxygen atoms in total. The average molecular weight is 498 g/mol. The Bertz CT molecular complexity index is 1040. The number of aromatic nitrogens is 4. The van der Waals surface area contributed by atoms with Crippen LogP contribution in [0.3, 0.4) is 0 Å². The van der Waals surface area contributed by atoms with Crippen LogP contribution in [0.4, 0.5) is 14.6 Å². The highest BCUT2D eigenvalue weighted by molar-refractivity contribution is 14.1. The van der Waals surface area contributed by atoms with Crippen LogP contribution in [0, 0.1) is 9.65 Å². The third kappa shape index (κ3) is 3.57. The number of likely N-dealkylation sites (N-methyl/N-ethyl adjacent to an activating group) is 1. The van der Waals surface area contributed by atoms with Crippen molar-refractivity contribution in [3.8, 4) is 0 Å². The van der Waals surface area contributed by atoms with Gasteiger partial charge in [-0.05, 0) is 64.7 Å². The lowest BCUT2D eigenvalue weighted by atomic mass is 10.0. The summed E-state index contributed by atoms with van der Waals surface area (Å²) in [7, 11) is 0.